The zero-order chi connectivity index (χ0) is 17.7. The molecule has 2 aromatic rings. The number of halogens is 1. The van der Waals surface area contributed by atoms with E-state index in [0.29, 0.717) is 10.8 Å². The van der Waals surface area contributed by atoms with Gasteiger partial charge >= 0.3 is 5.97 Å². The summed E-state index contributed by atoms with van der Waals surface area (Å²) < 4.78 is 0. The Morgan fingerprint density at radius 3 is 2.42 bits per heavy atom. The number of carboxylic acid groups (broad SMARTS) is 1. The SMILES string of the molecule is Cc1cc(Cl)cc(-c2ccc(SC/C(N)=C(/NN)C(=O)O)cc2)c1. The fourth-order valence-electron chi connectivity index (χ4n) is 2.17. The molecular formula is C17H18ClN3O2S. The number of carboxylic acids is 1. The molecule has 0 radical (unpaired) electrons. The Morgan fingerprint density at radius 2 is 1.88 bits per heavy atom. The molecule has 0 bridgehead atoms. The highest BCUT2D eigenvalue weighted by molar-refractivity contribution is 7.99. The Balaban J connectivity index is 2.11. The topological polar surface area (TPSA) is 101 Å². The van der Waals surface area contributed by atoms with E-state index in [9.17, 15) is 4.79 Å². The van der Waals surface area contributed by atoms with Crippen molar-refractivity contribution in [1.29, 1.82) is 0 Å². The number of hydrogen-bond acceptors (Lipinski definition) is 5. The molecule has 0 unspecified atom stereocenters. The lowest BCUT2D eigenvalue weighted by molar-refractivity contribution is -0.133. The molecule has 126 valence electrons. The summed E-state index contributed by atoms with van der Waals surface area (Å²) in [6.45, 7) is 2.00. The molecule has 0 fully saturated rings. The number of nitrogens with two attached hydrogens (primary N) is 2. The molecule has 6 N–H and O–H groups in total. The van der Waals surface area contributed by atoms with Crippen molar-refractivity contribution >= 4 is 29.3 Å². The molecule has 0 saturated carbocycles. The molecule has 7 heteroatoms. The highest BCUT2D eigenvalue weighted by atomic mass is 35.5. The first-order valence-corrected chi connectivity index (χ1v) is 8.46. The van der Waals surface area contributed by atoms with Crippen molar-refractivity contribution in [1.82, 2.24) is 5.43 Å². The minimum Gasteiger partial charge on any atom is -0.476 e. The van der Waals surface area contributed by atoms with Gasteiger partial charge in [-0.2, -0.15) is 0 Å². The van der Waals surface area contributed by atoms with Crippen molar-refractivity contribution in [2.24, 2.45) is 11.6 Å². The van der Waals surface area contributed by atoms with Crippen LogP contribution in [0.25, 0.3) is 11.1 Å². The van der Waals surface area contributed by atoms with E-state index in [2.05, 4.69) is 11.5 Å². The van der Waals surface area contributed by atoms with Gasteiger partial charge in [-0.25, -0.2) is 4.79 Å². The van der Waals surface area contributed by atoms with Gasteiger partial charge in [0.15, 0.2) is 5.70 Å². The Labute approximate surface area is 149 Å². The summed E-state index contributed by atoms with van der Waals surface area (Å²) >= 11 is 7.53. The molecule has 5 nitrogen and oxygen atoms in total. The maximum Gasteiger partial charge on any atom is 0.355 e. The van der Waals surface area contributed by atoms with E-state index in [1.807, 2.05) is 43.3 Å². The first-order chi connectivity index (χ1) is 11.4. The highest BCUT2D eigenvalue weighted by Gasteiger charge is 2.11. The normalized spacial score (nSPS) is 11.8. The zero-order valence-electron chi connectivity index (χ0n) is 13.0. The molecule has 0 heterocycles. The summed E-state index contributed by atoms with van der Waals surface area (Å²) in [4.78, 5) is 11.9. The predicted octanol–water partition coefficient (Wildman–Crippen LogP) is 3.13. The summed E-state index contributed by atoms with van der Waals surface area (Å²) in [7, 11) is 0. The number of hydrogen-bond donors (Lipinski definition) is 4. The van der Waals surface area contributed by atoms with Gasteiger partial charge in [0.25, 0.3) is 0 Å². The van der Waals surface area contributed by atoms with E-state index < -0.39 is 5.97 Å². The highest BCUT2D eigenvalue weighted by Crippen LogP contribution is 2.27. The van der Waals surface area contributed by atoms with Crippen molar-refractivity contribution in [3.63, 3.8) is 0 Å². The second-order valence-corrected chi connectivity index (χ2v) is 6.67. The molecule has 0 atom stereocenters. The van der Waals surface area contributed by atoms with E-state index >= 15 is 0 Å². The molecule has 0 aliphatic rings. The molecule has 0 amide bonds. The summed E-state index contributed by atoms with van der Waals surface area (Å²) in [6, 6.07) is 13.8. The second kappa shape index (κ2) is 8.10. The number of benzene rings is 2. The molecule has 24 heavy (non-hydrogen) atoms. The number of thioether (sulfide) groups is 1. The zero-order valence-corrected chi connectivity index (χ0v) is 14.6. The molecule has 0 aliphatic carbocycles. The van der Waals surface area contributed by atoms with Crippen LogP contribution in [0.5, 0.6) is 0 Å². The van der Waals surface area contributed by atoms with Gasteiger partial charge in [0.2, 0.25) is 0 Å². The lowest BCUT2D eigenvalue weighted by Gasteiger charge is -2.08. The van der Waals surface area contributed by atoms with E-state index in [0.717, 1.165) is 21.6 Å². The largest absolute Gasteiger partial charge is 0.476 e. The maximum atomic E-state index is 10.9. The van der Waals surface area contributed by atoms with Gasteiger partial charge in [0.05, 0.1) is 5.70 Å². The van der Waals surface area contributed by atoms with Crippen LogP contribution in [0.4, 0.5) is 0 Å². The lowest BCUT2D eigenvalue weighted by atomic mass is 10.0. The molecule has 0 spiro atoms. The number of aryl methyl sites for hydroxylation is 1. The first-order valence-electron chi connectivity index (χ1n) is 7.09. The fourth-order valence-corrected chi connectivity index (χ4v) is 3.26. The maximum absolute atomic E-state index is 10.9. The van der Waals surface area contributed by atoms with Crippen LogP contribution in [0.2, 0.25) is 5.02 Å². The molecule has 2 aromatic carbocycles. The van der Waals surface area contributed by atoms with Gasteiger partial charge in [0.1, 0.15) is 0 Å². The lowest BCUT2D eigenvalue weighted by Crippen LogP contribution is -2.30. The monoisotopic (exact) mass is 363 g/mol. The molecule has 0 aliphatic heterocycles. The minimum atomic E-state index is -1.18. The van der Waals surface area contributed by atoms with Crippen LogP contribution in [-0.4, -0.2) is 16.8 Å². The summed E-state index contributed by atoms with van der Waals surface area (Å²) in [6.07, 6.45) is 0. The molecule has 0 aromatic heterocycles. The summed E-state index contributed by atoms with van der Waals surface area (Å²) in [5.74, 6) is 4.31. The van der Waals surface area contributed by atoms with Gasteiger partial charge in [-0.05, 0) is 47.9 Å². The van der Waals surface area contributed by atoms with Gasteiger partial charge in [-0.3, -0.25) is 5.84 Å². The van der Waals surface area contributed by atoms with E-state index in [-0.39, 0.29) is 11.4 Å². The third kappa shape index (κ3) is 4.67. The van der Waals surface area contributed by atoms with Crippen molar-refractivity contribution < 1.29 is 9.90 Å². The van der Waals surface area contributed by atoms with Crippen molar-refractivity contribution in [3.8, 4) is 11.1 Å². The Bertz CT molecular complexity index is 756. The second-order valence-electron chi connectivity index (χ2n) is 5.18. The van der Waals surface area contributed by atoms with Crippen molar-refractivity contribution in [3.05, 3.63) is 64.4 Å². The molecular weight excluding hydrogens is 346 g/mol. The Morgan fingerprint density at radius 1 is 1.21 bits per heavy atom. The van der Waals surface area contributed by atoms with Crippen LogP contribution >= 0.6 is 23.4 Å². The standard InChI is InChI=1S/C17H18ClN3O2S/c1-10-6-12(8-13(18)7-10)11-2-4-14(5-3-11)24-9-15(19)16(21-20)17(22)23/h2-8,21H,9,19-20H2,1H3,(H,22,23)/b16-15-. The molecule has 0 saturated heterocycles. The van der Waals surface area contributed by atoms with Crippen LogP contribution in [0.3, 0.4) is 0 Å². The summed E-state index contributed by atoms with van der Waals surface area (Å²) in [5.41, 5.74) is 11.1. The number of rotatable bonds is 6. The minimum absolute atomic E-state index is 0.185. The van der Waals surface area contributed by atoms with Gasteiger partial charge < -0.3 is 16.3 Å². The smallest absolute Gasteiger partial charge is 0.355 e. The average molecular weight is 364 g/mol. The predicted molar refractivity (Wildman–Crippen MR) is 98.5 cm³/mol. The van der Waals surface area contributed by atoms with Gasteiger partial charge in [0, 0.05) is 15.7 Å². The summed E-state index contributed by atoms with van der Waals surface area (Å²) in [5, 5.41) is 9.65. The van der Waals surface area contributed by atoms with E-state index in [1.165, 1.54) is 11.8 Å². The third-order valence-electron chi connectivity index (χ3n) is 3.30. The van der Waals surface area contributed by atoms with Crippen LogP contribution in [-0.2, 0) is 4.79 Å². The number of nitrogens with one attached hydrogen (secondary N) is 1. The van der Waals surface area contributed by atoms with Crippen LogP contribution in [0.15, 0.2) is 58.8 Å². The number of hydrazine groups is 1. The van der Waals surface area contributed by atoms with Crippen LogP contribution in [0.1, 0.15) is 5.56 Å². The van der Waals surface area contributed by atoms with Crippen molar-refractivity contribution in [2.45, 2.75) is 11.8 Å². The first kappa shape index (κ1) is 18.2. The van der Waals surface area contributed by atoms with Crippen LogP contribution in [0, 0.1) is 6.92 Å². The van der Waals surface area contributed by atoms with Gasteiger partial charge in [-0.1, -0.05) is 29.8 Å². The Kier molecular flexibility index (Phi) is 6.14. The van der Waals surface area contributed by atoms with E-state index in [4.69, 9.17) is 28.3 Å². The number of carbonyl (C=O) groups is 1. The fraction of sp³-hybridized carbons (Fsp3) is 0.118. The van der Waals surface area contributed by atoms with Gasteiger partial charge in [-0.15, -0.1) is 11.8 Å². The quantitative estimate of drug-likeness (QED) is 0.272. The third-order valence-corrected chi connectivity index (χ3v) is 4.58. The molecule has 2 rings (SSSR count). The number of aliphatic carboxylic acids is 1. The average Bonchev–Trinajstić information content (AvgIpc) is 2.53. The Hall–Kier alpha value is -2.15. The van der Waals surface area contributed by atoms with Crippen molar-refractivity contribution in [2.75, 3.05) is 5.75 Å². The van der Waals surface area contributed by atoms with Crippen LogP contribution < -0.4 is 17.0 Å². The van der Waals surface area contributed by atoms with E-state index in [1.54, 1.807) is 0 Å².